The van der Waals surface area contributed by atoms with Crippen LogP contribution in [0.15, 0.2) is 35.1 Å². The van der Waals surface area contributed by atoms with Crippen LogP contribution in [-0.4, -0.2) is 14.9 Å². The van der Waals surface area contributed by atoms with Gasteiger partial charge in [0.2, 0.25) is 0 Å². The molecule has 0 saturated heterocycles. The number of nitrogens with one attached hydrogen (secondary N) is 1. The van der Waals surface area contributed by atoms with E-state index < -0.39 is 10.6 Å². The third kappa shape index (κ3) is 2.95. The highest BCUT2D eigenvalue weighted by molar-refractivity contribution is 5.43. The van der Waals surface area contributed by atoms with Gasteiger partial charge in [-0.2, -0.15) is 4.98 Å². The molecule has 2 aromatic rings. The summed E-state index contributed by atoms with van der Waals surface area (Å²) in [5, 5.41) is 10.9. The van der Waals surface area contributed by atoms with Crippen LogP contribution in [-0.2, 0) is 6.61 Å². The van der Waals surface area contributed by atoms with Crippen molar-refractivity contribution in [2.45, 2.75) is 13.5 Å². The van der Waals surface area contributed by atoms with E-state index in [9.17, 15) is 14.9 Å². The molecular weight excluding hydrogens is 250 g/mol. The molecule has 0 amide bonds. The highest BCUT2D eigenvalue weighted by Crippen LogP contribution is 2.25. The molecule has 7 nitrogen and oxygen atoms in total. The summed E-state index contributed by atoms with van der Waals surface area (Å²) in [5.74, 6) is -0.268. The van der Waals surface area contributed by atoms with Crippen LogP contribution in [0, 0.1) is 17.0 Å². The summed E-state index contributed by atoms with van der Waals surface area (Å²) in [6.07, 6.45) is 0. The van der Waals surface area contributed by atoms with Crippen molar-refractivity contribution in [1.29, 1.82) is 0 Å². The van der Waals surface area contributed by atoms with Crippen LogP contribution >= 0.6 is 0 Å². The summed E-state index contributed by atoms with van der Waals surface area (Å²) in [6.45, 7) is 1.54. The second kappa shape index (κ2) is 5.30. The minimum absolute atomic E-state index is 0.109. The van der Waals surface area contributed by atoms with Gasteiger partial charge >= 0.3 is 17.3 Å². The number of rotatable bonds is 4. The van der Waals surface area contributed by atoms with Crippen LogP contribution in [0.2, 0.25) is 0 Å². The van der Waals surface area contributed by atoms with Gasteiger partial charge < -0.3 is 9.72 Å². The van der Waals surface area contributed by atoms with Gasteiger partial charge in [-0.15, -0.1) is 0 Å². The van der Waals surface area contributed by atoms with Gasteiger partial charge in [-0.25, -0.2) is 4.79 Å². The van der Waals surface area contributed by atoms with Crippen molar-refractivity contribution in [3.63, 3.8) is 0 Å². The lowest BCUT2D eigenvalue weighted by molar-refractivity contribution is -0.387. The van der Waals surface area contributed by atoms with Gasteiger partial charge in [0.05, 0.1) is 4.92 Å². The van der Waals surface area contributed by atoms with Gasteiger partial charge in [-0.3, -0.25) is 10.1 Å². The summed E-state index contributed by atoms with van der Waals surface area (Å²) >= 11 is 0. The highest BCUT2D eigenvalue weighted by atomic mass is 16.6. The van der Waals surface area contributed by atoms with E-state index in [1.807, 2.05) is 30.3 Å². The summed E-state index contributed by atoms with van der Waals surface area (Å²) in [7, 11) is 0. The molecule has 1 aromatic heterocycles. The quantitative estimate of drug-likeness (QED) is 0.665. The molecule has 7 heteroatoms. The van der Waals surface area contributed by atoms with Crippen molar-refractivity contribution in [2.24, 2.45) is 0 Å². The minimum atomic E-state index is -0.675. The molecule has 98 valence electrons. The first-order chi connectivity index (χ1) is 9.08. The number of nitro groups is 1. The Morgan fingerprint density at radius 1 is 1.37 bits per heavy atom. The summed E-state index contributed by atoms with van der Waals surface area (Å²) in [6, 6.07) is 9.12. The molecule has 0 fully saturated rings. The van der Waals surface area contributed by atoms with Crippen LogP contribution in [0.5, 0.6) is 5.88 Å². The molecule has 0 spiro atoms. The van der Waals surface area contributed by atoms with Crippen LogP contribution in [0.3, 0.4) is 0 Å². The molecular formula is C12H11N3O4. The Morgan fingerprint density at radius 2 is 2.05 bits per heavy atom. The van der Waals surface area contributed by atoms with Crippen LogP contribution < -0.4 is 10.4 Å². The Kier molecular flexibility index (Phi) is 3.56. The summed E-state index contributed by atoms with van der Waals surface area (Å²) in [4.78, 5) is 27.3. The predicted octanol–water partition coefficient (Wildman–Crippen LogP) is 1.57. The van der Waals surface area contributed by atoms with E-state index in [4.69, 9.17) is 4.74 Å². The maximum atomic E-state index is 11.2. The van der Waals surface area contributed by atoms with Crippen molar-refractivity contribution in [2.75, 3.05) is 0 Å². The molecule has 0 unspecified atom stereocenters. The fourth-order valence-corrected chi connectivity index (χ4v) is 1.59. The molecule has 0 aliphatic rings. The Bertz CT molecular complexity index is 652. The smallest absolute Gasteiger partial charge is 0.349 e. The molecule has 1 heterocycles. The molecule has 1 aromatic carbocycles. The Labute approximate surface area is 108 Å². The van der Waals surface area contributed by atoms with Crippen LogP contribution in [0.1, 0.15) is 11.3 Å². The number of aryl methyl sites for hydroxylation is 1. The zero-order valence-electron chi connectivity index (χ0n) is 10.1. The third-order valence-corrected chi connectivity index (χ3v) is 2.46. The van der Waals surface area contributed by atoms with Crippen molar-refractivity contribution in [3.05, 3.63) is 62.2 Å². The number of aromatic nitrogens is 2. The Hall–Kier alpha value is -2.70. The fourth-order valence-electron chi connectivity index (χ4n) is 1.59. The summed E-state index contributed by atoms with van der Waals surface area (Å²) < 4.78 is 5.27. The van der Waals surface area contributed by atoms with Gasteiger partial charge in [0.1, 0.15) is 12.3 Å². The number of benzene rings is 1. The maximum absolute atomic E-state index is 11.2. The van der Waals surface area contributed by atoms with Gasteiger partial charge in [-0.1, -0.05) is 30.3 Å². The van der Waals surface area contributed by atoms with Crippen molar-refractivity contribution in [1.82, 2.24) is 9.97 Å². The average Bonchev–Trinajstić information content (AvgIpc) is 2.36. The second-order valence-electron chi connectivity index (χ2n) is 3.85. The van der Waals surface area contributed by atoms with Crippen LogP contribution in [0.4, 0.5) is 5.69 Å². The number of hydrogen-bond acceptors (Lipinski definition) is 5. The van der Waals surface area contributed by atoms with E-state index >= 15 is 0 Å². The third-order valence-electron chi connectivity index (χ3n) is 2.46. The summed E-state index contributed by atoms with van der Waals surface area (Å²) in [5.41, 5.74) is -0.0497. The molecule has 0 aliphatic carbocycles. The standard InChI is InChI=1S/C12H11N3O4/c1-8-10(15(17)18)11(14-12(16)13-8)19-7-9-5-3-2-4-6-9/h2-6H,7H2,1H3,(H,13,14,16). The molecule has 0 atom stereocenters. The van der Waals surface area contributed by atoms with Crippen molar-refractivity contribution in [3.8, 4) is 5.88 Å². The second-order valence-corrected chi connectivity index (χ2v) is 3.85. The zero-order valence-corrected chi connectivity index (χ0v) is 10.1. The van der Waals surface area contributed by atoms with E-state index in [1.165, 1.54) is 6.92 Å². The fraction of sp³-hybridized carbons (Fsp3) is 0.167. The molecule has 1 N–H and O–H groups in total. The predicted molar refractivity (Wildman–Crippen MR) is 67.0 cm³/mol. The largest absolute Gasteiger partial charge is 0.468 e. The molecule has 0 radical (unpaired) electrons. The van der Waals surface area contributed by atoms with E-state index in [-0.39, 0.29) is 23.9 Å². The topological polar surface area (TPSA) is 98.1 Å². The first-order valence-corrected chi connectivity index (χ1v) is 5.50. The lowest BCUT2D eigenvalue weighted by atomic mass is 10.2. The van der Waals surface area contributed by atoms with Gasteiger partial charge in [0.15, 0.2) is 0 Å². The zero-order chi connectivity index (χ0) is 13.8. The van der Waals surface area contributed by atoms with E-state index in [1.54, 1.807) is 0 Å². The van der Waals surface area contributed by atoms with Crippen LogP contribution in [0.25, 0.3) is 0 Å². The normalized spacial score (nSPS) is 10.2. The Balaban J connectivity index is 2.29. The number of hydrogen-bond donors (Lipinski definition) is 1. The number of ether oxygens (including phenoxy) is 1. The number of H-pyrrole nitrogens is 1. The molecule has 0 saturated carbocycles. The average molecular weight is 261 g/mol. The number of nitrogens with zero attached hydrogens (tertiary/aromatic N) is 2. The Morgan fingerprint density at radius 3 is 2.68 bits per heavy atom. The van der Waals surface area contributed by atoms with E-state index in [2.05, 4.69) is 9.97 Å². The first kappa shape index (κ1) is 12.7. The van der Waals surface area contributed by atoms with E-state index in [0.717, 1.165) is 5.56 Å². The maximum Gasteiger partial charge on any atom is 0.349 e. The molecule has 19 heavy (non-hydrogen) atoms. The van der Waals surface area contributed by atoms with Gasteiger partial charge in [-0.05, 0) is 12.5 Å². The molecule has 0 bridgehead atoms. The highest BCUT2D eigenvalue weighted by Gasteiger charge is 2.22. The van der Waals surface area contributed by atoms with Crippen molar-refractivity contribution < 1.29 is 9.66 Å². The van der Waals surface area contributed by atoms with E-state index in [0.29, 0.717) is 0 Å². The molecule has 0 aliphatic heterocycles. The van der Waals surface area contributed by atoms with Gasteiger partial charge in [0.25, 0.3) is 0 Å². The molecule has 2 rings (SSSR count). The lowest BCUT2D eigenvalue weighted by Gasteiger charge is -2.06. The minimum Gasteiger partial charge on any atom is -0.468 e. The lowest BCUT2D eigenvalue weighted by Crippen LogP contribution is -2.16. The first-order valence-electron chi connectivity index (χ1n) is 5.50. The SMILES string of the molecule is Cc1[nH]c(=O)nc(OCc2ccccc2)c1[N+](=O)[O-]. The van der Waals surface area contributed by atoms with Gasteiger partial charge in [0, 0.05) is 0 Å². The number of aromatic amines is 1. The van der Waals surface area contributed by atoms with Crippen molar-refractivity contribution >= 4 is 5.69 Å². The monoisotopic (exact) mass is 261 g/mol.